The van der Waals surface area contributed by atoms with Gasteiger partial charge in [-0.15, -0.1) is 0 Å². The van der Waals surface area contributed by atoms with Crippen LogP contribution in [0.2, 0.25) is 0 Å². The van der Waals surface area contributed by atoms with Gasteiger partial charge < -0.3 is 11.0 Å². The molecule has 0 radical (unpaired) electrons. The van der Waals surface area contributed by atoms with Gasteiger partial charge in [0.25, 0.3) is 0 Å². The Labute approximate surface area is 71.2 Å². The van der Waals surface area contributed by atoms with Gasteiger partial charge in [0.1, 0.15) is 0 Å². The molecule has 0 aromatic carbocycles. The monoisotopic (exact) mass is 70.0 g/mol. The van der Waals surface area contributed by atoms with Crippen molar-refractivity contribution in [3.63, 3.8) is 0 Å². The summed E-state index contributed by atoms with van der Waals surface area (Å²) >= 11 is 0. The Balaban J connectivity index is 0. The molecule has 0 unspecified atom stereocenters. The maximum atomic E-state index is 0. The molecule has 0 fully saturated rings. The van der Waals surface area contributed by atoms with Crippen molar-refractivity contribution in [2.24, 2.45) is 0 Å². The standard InChI is InChI=1S/2Li.Mg.2O/q2*+1;+2;2*-2. The molecule has 16 valence electrons. The van der Waals surface area contributed by atoms with E-state index >= 15 is 0 Å². The van der Waals surface area contributed by atoms with Crippen LogP contribution in [0.4, 0.5) is 0 Å². The minimum Gasteiger partial charge on any atom is -2.00 e. The summed E-state index contributed by atoms with van der Waals surface area (Å²) in [5.74, 6) is 0. The van der Waals surface area contributed by atoms with Gasteiger partial charge in [-0.1, -0.05) is 0 Å². The van der Waals surface area contributed by atoms with Crippen molar-refractivity contribution >= 4 is 23.1 Å². The van der Waals surface area contributed by atoms with E-state index in [1.165, 1.54) is 0 Å². The predicted molar refractivity (Wildman–Crippen MR) is 7.13 cm³/mol. The number of rotatable bonds is 0. The summed E-state index contributed by atoms with van der Waals surface area (Å²) in [6.45, 7) is 0. The maximum absolute atomic E-state index is 0. The van der Waals surface area contributed by atoms with Crippen LogP contribution in [-0.2, 0) is 11.0 Å². The first kappa shape index (κ1) is 67.3. The Morgan fingerprint density at radius 2 is 0.600 bits per heavy atom. The number of hydrogen-bond donors (Lipinski definition) is 0. The molecular formula is Li2MgO2. The summed E-state index contributed by atoms with van der Waals surface area (Å²) < 4.78 is 0. The molecule has 0 heterocycles. The quantitative estimate of drug-likeness (QED) is 0.254. The first-order chi connectivity index (χ1) is 0. The first-order valence-corrected chi connectivity index (χ1v) is 0. The summed E-state index contributed by atoms with van der Waals surface area (Å²) in [4.78, 5) is 0. The summed E-state index contributed by atoms with van der Waals surface area (Å²) in [6, 6.07) is 0. The van der Waals surface area contributed by atoms with Gasteiger partial charge in [0.15, 0.2) is 0 Å². The zero-order chi connectivity index (χ0) is 0. The average molecular weight is 70.2 g/mol. The minimum atomic E-state index is 0. The van der Waals surface area contributed by atoms with E-state index in [1.807, 2.05) is 0 Å². The van der Waals surface area contributed by atoms with Crippen LogP contribution in [0.1, 0.15) is 0 Å². The molecule has 0 rings (SSSR count). The molecule has 2 nitrogen and oxygen atoms in total. The van der Waals surface area contributed by atoms with Gasteiger partial charge in [0, 0.05) is 0 Å². The van der Waals surface area contributed by atoms with E-state index in [9.17, 15) is 0 Å². The second-order valence-electron chi connectivity index (χ2n) is 0. The van der Waals surface area contributed by atoms with E-state index in [0.29, 0.717) is 0 Å². The fourth-order valence-corrected chi connectivity index (χ4v) is 0. The van der Waals surface area contributed by atoms with Gasteiger partial charge in [-0.3, -0.25) is 0 Å². The second-order valence-corrected chi connectivity index (χ2v) is 0. The fourth-order valence-electron chi connectivity index (χ4n) is 0. The molecular weight excluding hydrogens is 70.2 g/mol. The zero-order valence-electron chi connectivity index (χ0n) is 3.52. The molecule has 0 aromatic rings. The van der Waals surface area contributed by atoms with E-state index < -0.39 is 0 Å². The average Bonchev–Trinajstić information content (AvgIpc) is 0. The summed E-state index contributed by atoms with van der Waals surface area (Å²) in [7, 11) is 0. The van der Waals surface area contributed by atoms with Gasteiger partial charge in [0.05, 0.1) is 0 Å². The first-order valence-electron chi connectivity index (χ1n) is 0. The molecule has 0 aliphatic carbocycles. The smallest absolute Gasteiger partial charge is 2.00 e. The van der Waals surface area contributed by atoms with Crippen LogP contribution in [0.3, 0.4) is 0 Å². The van der Waals surface area contributed by atoms with Crippen molar-refractivity contribution in [1.82, 2.24) is 0 Å². The van der Waals surface area contributed by atoms with Gasteiger partial charge >= 0.3 is 60.8 Å². The molecule has 0 aliphatic heterocycles. The van der Waals surface area contributed by atoms with E-state index in [-0.39, 0.29) is 71.7 Å². The largest absolute Gasteiger partial charge is 2.00 e. The topological polar surface area (TPSA) is 57.0 Å². The molecule has 0 bridgehead atoms. The third-order valence-electron chi connectivity index (χ3n) is 0. The third kappa shape index (κ3) is 25.0. The zero-order valence-corrected chi connectivity index (χ0v) is 4.94. The molecule has 0 aromatic heterocycles. The minimum absolute atomic E-state index is 0. The van der Waals surface area contributed by atoms with Crippen LogP contribution in [0.25, 0.3) is 0 Å². The Hall–Kier alpha value is 1.88. The Bertz CT molecular complexity index is 7.61. The Kier molecular flexibility index (Phi) is 533. The summed E-state index contributed by atoms with van der Waals surface area (Å²) in [6.07, 6.45) is 0. The molecule has 0 saturated carbocycles. The van der Waals surface area contributed by atoms with Crippen molar-refractivity contribution in [2.45, 2.75) is 0 Å². The van der Waals surface area contributed by atoms with Crippen LogP contribution in [0.15, 0.2) is 0 Å². The summed E-state index contributed by atoms with van der Waals surface area (Å²) in [5, 5.41) is 0. The molecule has 5 heavy (non-hydrogen) atoms. The third-order valence-corrected chi connectivity index (χ3v) is 0. The number of hydrogen-bond acceptors (Lipinski definition) is 0. The summed E-state index contributed by atoms with van der Waals surface area (Å²) in [5.41, 5.74) is 0. The molecule has 0 atom stereocenters. The van der Waals surface area contributed by atoms with Crippen LogP contribution >= 0.6 is 0 Å². The van der Waals surface area contributed by atoms with Gasteiger partial charge in [-0.2, -0.15) is 0 Å². The van der Waals surface area contributed by atoms with Crippen LogP contribution in [0.5, 0.6) is 0 Å². The SMILES string of the molecule is [Li+].[Li+].[Mg+2].[O-2].[O-2]. The van der Waals surface area contributed by atoms with Gasteiger partial charge in [-0.05, 0) is 0 Å². The van der Waals surface area contributed by atoms with E-state index in [0.717, 1.165) is 0 Å². The van der Waals surface area contributed by atoms with E-state index in [1.54, 1.807) is 0 Å². The molecule has 0 spiro atoms. The molecule has 0 aliphatic rings. The van der Waals surface area contributed by atoms with Crippen LogP contribution in [-0.4, -0.2) is 23.1 Å². The maximum Gasteiger partial charge on any atom is 2.00 e. The fraction of sp³-hybridized carbons (Fsp3) is 0. The van der Waals surface area contributed by atoms with Crippen molar-refractivity contribution in [2.75, 3.05) is 0 Å². The van der Waals surface area contributed by atoms with Crippen molar-refractivity contribution in [3.05, 3.63) is 0 Å². The van der Waals surface area contributed by atoms with Crippen molar-refractivity contribution in [3.8, 4) is 0 Å². The van der Waals surface area contributed by atoms with E-state index in [2.05, 4.69) is 0 Å². The van der Waals surface area contributed by atoms with Gasteiger partial charge in [0.2, 0.25) is 0 Å². The van der Waals surface area contributed by atoms with Gasteiger partial charge in [-0.25, -0.2) is 0 Å². The Morgan fingerprint density at radius 1 is 0.600 bits per heavy atom. The van der Waals surface area contributed by atoms with Crippen molar-refractivity contribution in [1.29, 1.82) is 0 Å². The second kappa shape index (κ2) is 39.6. The Morgan fingerprint density at radius 3 is 0.600 bits per heavy atom. The van der Waals surface area contributed by atoms with E-state index in [4.69, 9.17) is 0 Å². The normalized spacial score (nSPS) is 0. The van der Waals surface area contributed by atoms with Crippen LogP contribution in [0, 0.1) is 0 Å². The predicted octanol–water partition coefficient (Wildman–Crippen LogP) is -6.61. The van der Waals surface area contributed by atoms with Crippen molar-refractivity contribution < 1.29 is 48.7 Å². The molecule has 0 amide bonds. The molecule has 0 N–H and O–H groups in total. The molecule has 0 saturated heterocycles. The van der Waals surface area contributed by atoms with Crippen LogP contribution < -0.4 is 37.7 Å². The molecule has 5 heteroatoms.